The Morgan fingerprint density at radius 1 is 1.28 bits per heavy atom. The van der Waals surface area contributed by atoms with Crippen LogP contribution >= 0.6 is 0 Å². The van der Waals surface area contributed by atoms with E-state index in [9.17, 15) is 13.6 Å². The van der Waals surface area contributed by atoms with Crippen LogP contribution in [-0.2, 0) is 15.1 Å². The van der Waals surface area contributed by atoms with Gasteiger partial charge in [-0.05, 0) is 5.56 Å². The van der Waals surface area contributed by atoms with Crippen molar-refractivity contribution >= 4 is 5.91 Å². The maximum Gasteiger partial charge on any atom is 0.255 e. The molecule has 1 unspecified atom stereocenters. The molecule has 96 valence electrons. The van der Waals surface area contributed by atoms with Crippen molar-refractivity contribution in [2.75, 3.05) is 13.2 Å². The van der Waals surface area contributed by atoms with Crippen LogP contribution in [0.5, 0.6) is 0 Å². The predicted octanol–water partition coefficient (Wildman–Crippen LogP) is 1.48. The number of hydrogen-bond acceptors (Lipinski definition) is 2. The van der Waals surface area contributed by atoms with E-state index >= 15 is 0 Å². The number of rotatable bonds is 1. The van der Waals surface area contributed by atoms with E-state index in [2.05, 4.69) is 5.32 Å². The van der Waals surface area contributed by atoms with Gasteiger partial charge in [0.1, 0.15) is 5.54 Å². The molecule has 1 N–H and O–H groups in total. The van der Waals surface area contributed by atoms with Crippen LogP contribution in [0.2, 0.25) is 0 Å². The fraction of sp³-hybridized carbons (Fsp3) is 0.462. The maximum absolute atomic E-state index is 14.9. The number of benzene rings is 1. The average molecular weight is 253 g/mol. The van der Waals surface area contributed by atoms with E-state index in [1.165, 1.54) is 0 Å². The smallest absolute Gasteiger partial charge is 0.255 e. The molecule has 2 aliphatic heterocycles. The number of halogens is 2. The fourth-order valence-corrected chi connectivity index (χ4v) is 2.80. The number of carbonyl (C=O) groups is 1. The molecular formula is C13H13F2NO2. The molecule has 2 saturated heterocycles. The summed E-state index contributed by atoms with van der Waals surface area (Å²) < 4.78 is 33.6. The van der Waals surface area contributed by atoms with Crippen LogP contribution in [0.1, 0.15) is 12.0 Å². The molecule has 3 rings (SSSR count). The Bertz CT molecular complexity index is 481. The molecule has 2 aliphatic rings. The summed E-state index contributed by atoms with van der Waals surface area (Å²) in [5, 5.41) is 2.48. The summed E-state index contributed by atoms with van der Waals surface area (Å²) in [4.78, 5) is 11.5. The topological polar surface area (TPSA) is 38.3 Å². The minimum Gasteiger partial charge on any atom is -0.375 e. The Labute approximate surface area is 103 Å². The van der Waals surface area contributed by atoms with Crippen LogP contribution in [0.3, 0.4) is 0 Å². The van der Waals surface area contributed by atoms with Crippen LogP contribution in [0.25, 0.3) is 0 Å². The number of ether oxygens (including phenoxy) is 1. The van der Waals surface area contributed by atoms with Crippen LogP contribution < -0.4 is 5.32 Å². The summed E-state index contributed by atoms with van der Waals surface area (Å²) in [5.41, 5.74) is -2.53. The van der Waals surface area contributed by atoms with Gasteiger partial charge >= 0.3 is 0 Å². The first-order valence-electron chi connectivity index (χ1n) is 5.86. The number of piperidine rings is 1. The quantitative estimate of drug-likeness (QED) is 0.823. The van der Waals surface area contributed by atoms with Gasteiger partial charge in [0.05, 0.1) is 13.2 Å². The van der Waals surface area contributed by atoms with Gasteiger partial charge in [0.15, 0.2) is 11.8 Å². The third-order valence-corrected chi connectivity index (χ3v) is 3.80. The maximum atomic E-state index is 14.9. The standard InChI is InChI=1S/C13H13F2NO2/c14-10-6-12(15)7-18-8-13(12,16-11(10)17)9-4-2-1-3-5-9/h1-5,10H,6-8H2,(H,16,17)/t10?,12-,13+/m0/s1. The Morgan fingerprint density at radius 3 is 2.72 bits per heavy atom. The van der Waals surface area contributed by atoms with Gasteiger partial charge in [0.25, 0.3) is 5.91 Å². The number of amides is 1. The second-order valence-corrected chi connectivity index (χ2v) is 4.89. The average Bonchev–Trinajstić information content (AvgIpc) is 2.69. The van der Waals surface area contributed by atoms with E-state index in [0.717, 1.165) is 0 Å². The molecule has 3 nitrogen and oxygen atoms in total. The molecule has 0 aliphatic carbocycles. The van der Waals surface area contributed by atoms with Crippen LogP contribution in [0, 0.1) is 0 Å². The molecular weight excluding hydrogens is 240 g/mol. The van der Waals surface area contributed by atoms with E-state index in [-0.39, 0.29) is 13.2 Å². The monoisotopic (exact) mass is 253 g/mol. The second kappa shape index (κ2) is 3.75. The third-order valence-electron chi connectivity index (χ3n) is 3.80. The Balaban J connectivity index is 2.10. The van der Waals surface area contributed by atoms with Gasteiger partial charge in [-0.15, -0.1) is 0 Å². The fourth-order valence-electron chi connectivity index (χ4n) is 2.80. The minimum atomic E-state index is -1.89. The first-order valence-corrected chi connectivity index (χ1v) is 5.86. The van der Waals surface area contributed by atoms with Crippen LogP contribution in [0.15, 0.2) is 30.3 Å². The zero-order valence-corrected chi connectivity index (χ0v) is 9.66. The van der Waals surface area contributed by atoms with Crippen molar-refractivity contribution in [1.82, 2.24) is 5.32 Å². The van der Waals surface area contributed by atoms with Crippen LogP contribution in [0.4, 0.5) is 8.78 Å². The molecule has 0 saturated carbocycles. The number of nitrogens with one attached hydrogen (secondary N) is 1. The van der Waals surface area contributed by atoms with Gasteiger partial charge in [-0.1, -0.05) is 30.3 Å². The van der Waals surface area contributed by atoms with E-state index < -0.39 is 29.7 Å². The molecule has 5 heteroatoms. The molecule has 2 fully saturated rings. The third kappa shape index (κ3) is 1.40. The summed E-state index contributed by atoms with van der Waals surface area (Å²) in [6.07, 6.45) is -2.26. The highest BCUT2D eigenvalue weighted by Gasteiger charge is 2.63. The Hall–Kier alpha value is -1.49. The highest BCUT2D eigenvalue weighted by molar-refractivity contribution is 5.83. The molecule has 1 amide bonds. The molecule has 1 aromatic carbocycles. The van der Waals surface area contributed by atoms with Gasteiger partial charge in [-0.2, -0.15) is 0 Å². The van der Waals surface area contributed by atoms with Gasteiger partial charge < -0.3 is 10.1 Å². The summed E-state index contributed by atoms with van der Waals surface area (Å²) in [6.45, 7) is -0.158. The summed E-state index contributed by atoms with van der Waals surface area (Å²) in [7, 11) is 0. The second-order valence-electron chi connectivity index (χ2n) is 4.89. The molecule has 0 aromatic heterocycles. The molecule has 1 aromatic rings. The molecule has 0 spiro atoms. The van der Waals surface area contributed by atoms with Gasteiger partial charge in [-0.3, -0.25) is 4.79 Å². The van der Waals surface area contributed by atoms with Gasteiger partial charge in [-0.25, -0.2) is 8.78 Å². The molecule has 0 radical (unpaired) electrons. The number of hydrogen-bond donors (Lipinski definition) is 1. The highest BCUT2D eigenvalue weighted by atomic mass is 19.2. The lowest BCUT2D eigenvalue weighted by molar-refractivity contribution is -0.138. The van der Waals surface area contributed by atoms with Crippen LogP contribution in [-0.4, -0.2) is 31.0 Å². The zero-order chi connectivity index (χ0) is 12.8. The Kier molecular flexibility index (Phi) is 2.41. The first kappa shape index (κ1) is 11.6. The molecule has 18 heavy (non-hydrogen) atoms. The van der Waals surface area contributed by atoms with E-state index in [1.54, 1.807) is 30.3 Å². The molecule has 0 bridgehead atoms. The van der Waals surface area contributed by atoms with Crippen molar-refractivity contribution < 1.29 is 18.3 Å². The first-order chi connectivity index (χ1) is 8.57. The lowest BCUT2D eigenvalue weighted by atomic mass is 9.73. The van der Waals surface area contributed by atoms with Crippen molar-refractivity contribution in [3.8, 4) is 0 Å². The lowest BCUT2D eigenvalue weighted by Gasteiger charge is -2.44. The van der Waals surface area contributed by atoms with Crippen molar-refractivity contribution in [3.05, 3.63) is 35.9 Å². The molecule has 2 heterocycles. The lowest BCUT2D eigenvalue weighted by Crippen LogP contribution is -2.66. The Morgan fingerprint density at radius 2 is 2.00 bits per heavy atom. The van der Waals surface area contributed by atoms with Crippen molar-refractivity contribution in [2.45, 2.75) is 23.8 Å². The van der Waals surface area contributed by atoms with Gasteiger partial charge in [0.2, 0.25) is 0 Å². The van der Waals surface area contributed by atoms with Crippen molar-refractivity contribution in [3.63, 3.8) is 0 Å². The van der Waals surface area contributed by atoms with E-state index in [0.29, 0.717) is 5.56 Å². The minimum absolute atomic E-state index is 0.0337. The number of fused-ring (bicyclic) bond motifs is 1. The van der Waals surface area contributed by atoms with E-state index in [4.69, 9.17) is 4.74 Å². The van der Waals surface area contributed by atoms with Crippen molar-refractivity contribution in [2.24, 2.45) is 0 Å². The summed E-state index contributed by atoms with van der Waals surface area (Å²) >= 11 is 0. The SMILES string of the molecule is O=C1N[C@@]2(c3ccccc3)COC[C@@]2(F)CC1F. The summed E-state index contributed by atoms with van der Waals surface area (Å²) in [6, 6.07) is 8.77. The molecule has 3 atom stereocenters. The number of alkyl halides is 2. The number of carbonyl (C=O) groups excluding carboxylic acids is 1. The van der Waals surface area contributed by atoms with E-state index in [1.807, 2.05) is 0 Å². The summed E-state index contributed by atoms with van der Waals surface area (Å²) in [5.74, 6) is -0.766. The largest absolute Gasteiger partial charge is 0.375 e. The normalized spacial score (nSPS) is 39.2. The van der Waals surface area contributed by atoms with Gasteiger partial charge in [0, 0.05) is 6.42 Å². The zero-order valence-electron chi connectivity index (χ0n) is 9.66. The highest BCUT2D eigenvalue weighted by Crippen LogP contribution is 2.47. The van der Waals surface area contributed by atoms with Crippen molar-refractivity contribution in [1.29, 1.82) is 0 Å². The predicted molar refractivity (Wildman–Crippen MR) is 60.4 cm³/mol.